The van der Waals surface area contributed by atoms with Gasteiger partial charge in [0.2, 0.25) is 5.91 Å². The lowest BCUT2D eigenvalue weighted by Gasteiger charge is -2.07. The van der Waals surface area contributed by atoms with Gasteiger partial charge in [-0.2, -0.15) is 0 Å². The Balaban J connectivity index is 1.68. The predicted molar refractivity (Wildman–Crippen MR) is 105 cm³/mol. The molecule has 0 unspecified atom stereocenters. The summed E-state index contributed by atoms with van der Waals surface area (Å²) in [7, 11) is 3.16. The Labute approximate surface area is 157 Å². The molecule has 6 nitrogen and oxygen atoms in total. The van der Waals surface area contributed by atoms with E-state index in [2.05, 4.69) is 15.3 Å². The smallest absolute Gasteiger partial charge is 0.248 e. The Morgan fingerprint density at radius 1 is 1.00 bits per heavy atom. The maximum atomic E-state index is 12.2. The van der Waals surface area contributed by atoms with Crippen LogP contribution in [0.2, 0.25) is 0 Å². The number of nitrogens with one attached hydrogen (secondary N) is 1. The summed E-state index contributed by atoms with van der Waals surface area (Å²) in [5.41, 5.74) is 2.17. The molecule has 0 atom stereocenters. The van der Waals surface area contributed by atoms with Crippen molar-refractivity contribution in [3.05, 3.63) is 72.6 Å². The molecule has 3 rings (SSSR count). The number of carbonyl (C=O) groups is 1. The number of benzene rings is 2. The van der Waals surface area contributed by atoms with Crippen molar-refractivity contribution < 1.29 is 14.3 Å². The van der Waals surface area contributed by atoms with Gasteiger partial charge in [-0.25, -0.2) is 9.97 Å². The summed E-state index contributed by atoms with van der Waals surface area (Å²) in [6.07, 6.45) is 6.23. The number of hydrogen-bond donors (Lipinski definition) is 1. The molecule has 0 spiro atoms. The van der Waals surface area contributed by atoms with Crippen molar-refractivity contribution in [2.24, 2.45) is 0 Å². The van der Waals surface area contributed by atoms with Gasteiger partial charge in [-0.05, 0) is 24.3 Å². The maximum absolute atomic E-state index is 12.2. The van der Waals surface area contributed by atoms with E-state index >= 15 is 0 Å². The first kappa shape index (κ1) is 18.1. The largest absolute Gasteiger partial charge is 0.497 e. The third-order valence-corrected chi connectivity index (χ3v) is 3.80. The van der Waals surface area contributed by atoms with Gasteiger partial charge >= 0.3 is 0 Å². The molecule has 0 aliphatic rings. The van der Waals surface area contributed by atoms with Crippen LogP contribution in [0.1, 0.15) is 5.56 Å². The minimum atomic E-state index is -0.295. The highest BCUT2D eigenvalue weighted by Crippen LogP contribution is 2.25. The third kappa shape index (κ3) is 4.70. The van der Waals surface area contributed by atoms with Gasteiger partial charge in [0.15, 0.2) is 5.82 Å². The SMILES string of the molecule is COc1ccc(OC)c(/C=C/C(=O)Nc2cnc(-c3ccccc3)nc2)c1. The average Bonchev–Trinajstić information content (AvgIpc) is 2.73. The van der Waals surface area contributed by atoms with E-state index in [1.54, 1.807) is 50.9 Å². The van der Waals surface area contributed by atoms with Gasteiger partial charge in [0.05, 0.1) is 32.3 Å². The number of nitrogens with zero attached hydrogens (tertiary/aromatic N) is 2. The van der Waals surface area contributed by atoms with Gasteiger partial charge in [0.25, 0.3) is 0 Å². The first-order valence-electron chi connectivity index (χ1n) is 8.28. The van der Waals surface area contributed by atoms with Crippen LogP contribution in [0.15, 0.2) is 67.0 Å². The second-order valence-electron chi connectivity index (χ2n) is 5.59. The normalized spacial score (nSPS) is 10.6. The highest BCUT2D eigenvalue weighted by molar-refractivity contribution is 6.02. The fraction of sp³-hybridized carbons (Fsp3) is 0.0952. The third-order valence-electron chi connectivity index (χ3n) is 3.80. The minimum absolute atomic E-state index is 0.295. The highest BCUT2D eigenvalue weighted by Gasteiger charge is 2.05. The summed E-state index contributed by atoms with van der Waals surface area (Å²) in [4.78, 5) is 20.7. The molecule has 0 fully saturated rings. The zero-order chi connectivity index (χ0) is 19.1. The van der Waals surface area contributed by atoms with Crippen molar-refractivity contribution in [1.82, 2.24) is 9.97 Å². The van der Waals surface area contributed by atoms with E-state index in [1.807, 2.05) is 30.3 Å². The molecule has 0 radical (unpaired) electrons. The van der Waals surface area contributed by atoms with E-state index in [9.17, 15) is 4.79 Å². The summed E-state index contributed by atoms with van der Waals surface area (Å²) in [6, 6.07) is 15.0. The lowest BCUT2D eigenvalue weighted by atomic mass is 10.1. The van der Waals surface area contributed by atoms with Crippen LogP contribution in [0.5, 0.6) is 11.5 Å². The van der Waals surface area contributed by atoms with Crippen molar-refractivity contribution in [1.29, 1.82) is 0 Å². The van der Waals surface area contributed by atoms with E-state index in [1.165, 1.54) is 6.08 Å². The Kier molecular flexibility index (Phi) is 5.79. The molecule has 1 N–H and O–H groups in total. The summed E-state index contributed by atoms with van der Waals surface area (Å²) in [5.74, 6) is 1.64. The van der Waals surface area contributed by atoms with Gasteiger partial charge in [0.1, 0.15) is 11.5 Å². The first-order valence-corrected chi connectivity index (χ1v) is 8.28. The van der Waals surface area contributed by atoms with Crippen LogP contribution < -0.4 is 14.8 Å². The molecule has 1 aromatic heterocycles. The van der Waals surface area contributed by atoms with Crippen molar-refractivity contribution in [3.63, 3.8) is 0 Å². The Morgan fingerprint density at radius 3 is 2.41 bits per heavy atom. The van der Waals surface area contributed by atoms with Crippen LogP contribution in [-0.2, 0) is 4.79 Å². The zero-order valence-electron chi connectivity index (χ0n) is 15.0. The van der Waals surface area contributed by atoms with Crippen LogP contribution in [0.25, 0.3) is 17.5 Å². The number of carbonyl (C=O) groups excluding carboxylic acids is 1. The second-order valence-corrected chi connectivity index (χ2v) is 5.59. The number of rotatable bonds is 6. The number of aromatic nitrogens is 2. The lowest BCUT2D eigenvalue weighted by molar-refractivity contribution is -0.111. The molecule has 1 heterocycles. The van der Waals surface area contributed by atoms with Gasteiger partial charge in [-0.15, -0.1) is 0 Å². The Bertz CT molecular complexity index is 939. The molecule has 2 aromatic carbocycles. The fourth-order valence-corrected chi connectivity index (χ4v) is 2.45. The predicted octanol–water partition coefficient (Wildman–Crippen LogP) is 3.81. The van der Waals surface area contributed by atoms with Crippen molar-refractivity contribution >= 4 is 17.7 Å². The monoisotopic (exact) mass is 361 g/mol. The molecule has 6 heteroatoms. The number of amides is 1. The molecule has 0 aliphatic carbocycles. The van der Waals surface area contributed by atoms with Crippen molar-refractivity contribution in [2.75, 3.05) is 19.5 Å². The van der Waals surface area contributed by atoms with Crippen LogP contribution in [-0.4, -0.2) is 30.1 Å². The number of hydrogen-bond acceptors (Lipinski definition) is 5. The van der Waals surface area contributed by atoms with Crippen LogP contribution in [0, 0.1) is 0 Å². The molecule has 0 saturated heterocycles. The molecule has 27 heavy (non-hydrogen) atoms. The molecule has 1 amide bonds. The molecular weight excluding hydrogens is 342 g/mol. The van der Waals surface area contributed by atoms with Gasteiger partial charge in [0, 0.05) is 17.2 Å². The Hall–Kier alpha value is -3.67. The maximum Gasteiger partial charge on any atom is 0.248 e. The van der Waals surface area contributed by atoms with Crippen LogP contribution in [0.4, 0.5) is 5.69 Å². The van der Waals surface area contributed by atoms with Gasteiger partial charge in [-0.1, -0.05) is 30.3 Å². The van der Waals surface area contributed by atoms with E-state index in [-0.39, 0.29) is 5.91 Å². The van der Waals surface area contributed by atoms with E-state index in [0.29, 0.717) is 23.0 Å². The van der Waals surface area contributed by atoms with E-state index in [4.69, 9.17) is 9.47 Å². The second kappa shape index (κ2) is 8.62. The van der Waals surface area contributed by atoms with Gasteiger partial charge in [-0.3, -0.25) is 4.79 Å². The minimum Gasteiger partial charge on any atom is -0.497 e. The number of anilines is 1. The lowest BCUT2D eigenvalue weighted by Crippen LogP contribution is -2.08. The first-order chi connectivity index (χ1) is 13.2. The average molecular weight is 361 g/mol. The quantitative estimate of drug-likeness (QED) is 0.676. The highest BCUT2D eigenvalue weighted by atomic mass is 16.5. The summed E-state index contributed by atoms with van der Waals surface area (Å²) in [5, 5.41) is 2.73. The van der Waals surface area contributed by atoms with E-state index < -0.39 is 0 Å². The van der Waals surface area contributed by atoms with Crippen molar-refractivity contribution in [3.8, 4) is 22.9 Å². The molecule has 136 valence electrons. The molecule has 0 aliphatic heterocycles. The van der Waals surface area contributed by atoms with Crippen molar-refractivity contribution in [2.45, 2.75) is 0 Å². The number of methoxy groups -OCH3 is 2. The number of ether oxygens (including phenoxy) is 2. The summed E-state index contributed by atoms with van der Waals surface area (Å²) < 4.78 is 10.5. The molecule has 3 aromatic rings. The standard InChI is InChI=1S/C21H19N3O3/c1-26-18-9-10-19(27-2)16(12-18)8-11-20(25)24-17-13-22-21(23-14-17)15-6-4-3-5-7-15/h3-14H,1-2H3,(H,24,25)/b11-8+. The van der Waals surface area contributed by atoms with Gasteiger partial charge < -0.3 is 14.8 Å². The Morgan fingerprint density at radius 2 is 1.74 bits per heavy atom. The van der Waals surface area contributed by atoms with Crippen LogP contribution >= 0.6 is 0 Å². The fourth-order valence-electron chi connectivity index (χ4n) is 2.45. The summed E-state index contributed by atoms with van der Waals surface area (Å²) in [6.45, 7) is 0. The van der Waals surface area contributed by atoms with Crippen LogP contribution in [0.3, 0.4) is 0 Å². The topological polar surface area (TPSA) is 73.3 Å². The van der Waals surface area contributed by atoms with E-state index in [0.717, 1.165) is 11.1 Å². The molecule has 0 bridgehead atoms. The molecule has 0 saturated carbocycles. The summed E-state index contributed by atoms with van der Waals surface area (Å²) >= 11 is 0. The molecular formula is C21H19N3O3. The zero-order valence-corrected chi connectivity index (χ0v) is 15.0.